The third kappa shape index (κ3) is 6.34. The van der Waals surface area contributed by atoms with Gasteiger partial charge >= 0.3 is 5.97 Å². The van der Waals surface area contributed by atoms with Crippen molar-refractivity contribution in [3.05, 3.63) is 102 Å². The molecule has 3 saturated heterocycles. The number of halogens is 1. The van der Waals surface area contributed by atoms with E-state index in [1.807, 2.05) is 41.0 Å². The molecule has 10 nitrogen and oxygen atoms in total. The summed E-state index contributed by atoms with van der Waals surface area (Å²) in [5.41, 5.74) is 2.86. The van der Waals surface area contributed by atoms with Crippen LogP contribution in [0.25, 0.3) is 10.9 Å². The molecule has 2 N–H and O–H groups in total. The van der Waals surface area contributed by atoms with E-state index < -0.39 is 17.2 Å². The number of rotatable bonds is 8. The number of carbonyl (C=O) groups is 3. The first kappa shape index (κ1) is 37.3. The molecule has 1 aromatic heterocycles. The largest absolute Gasteiger partial charge is 0.465 e. The standard InChI is InChI=1S/C23H26FN3O2.C21H26N2O3/c24-19-10-8-18(9-11-19)21(28)7-4-14-26-15-12-23(13-16-26)22(29)25-17-27(23)20-5-2-1-3-6-20;1-3-20-10-6-11-22-12-9-15-14-7-4-5-8-16(14)23(17(15)18(20)22)21(25,13-20)19(24)26-2/h1-3,5-6,8-11H,4,7,12-17H2,(H,25,29);4-5,7-8,18,25H,3,6,9-13H2,1-2H3/t;18-,20+,21+/m.1/s1. The molecule has 1 amide bonds. The lowest BCUT2D eigenvalue weighted by Gasteiger charge is -2.57. The molecule has 5 aliphatic heterocycles. The van der Waals surface area contributed by atoms with E-state index in [1.165, 1.54) is 30.2 Å². The van der Waals surface area contributed by atoms with Gasteiger partial charge in [0.05, 0.1) is 25.3 Å². The second-order valence-corrected chi connectivity index (χ2v) is 16.0. The van der Waals surface area contributed by atoms with Gasteiger partial charge in [-0.25, -0.2) is 9.18 Å². The number of hydrogen-bond acceptors (Lipinski definition) is 8. The molecule has 5 aliphatic rings. The first-order chi connectivity index (χ1) is 26.6. The maximum absolute atomic E-state index is 13.0. The Kier molecular flexibility index (Phi) is 10.1. The van der Waals surface area contributed by atoms with Crippen molar-refractivity contribution in [2.75, 3.05) is 51.4 Å². The average molecular weight is 750 g/mol. The molecule has 3 atom stereocenters. The zero-order valence-electron chi connectivity index (χ0n) is 31.9. The molecular formula is C44H52FN5O5. The predicted molar refractivity (Wildman–Crippen MR) is 209 cm³/mol. The van der Waals surface area contributed by atoms with Gasteiger partial charge in [-0.2, -0.15) is 0 Å². The Labute approximate surface area is 322 Å². The molecule has 3 fully saturated rings. The minimum atomic E-state index is -1.63. The van der Waals surface area contributed by atoms with Crippen LogP contribution < -0.4 is 10.2 Å². The summed E-state index contributed by atoms with van der Waals surface area (Å²) in [6, 6.07) is 24.3. The Morgan fingerprint density at radius 3 is 2.40 bits per heavy atom. The van der Waals surface area contributed by atoms with Crippen molar-refractivity contribution >= 4 is 34.3 Å². The maximum atomic E-state index is 13.0. The number of aromatic nitrogens is 1. The number of benzene rings is 3. The van der Waals surface area contributed by atoms with E-state index in [1.54, 1.807) is 12.1 Å². The van der Waals surface area contributed by atoms with E-state index in [-0.39, 0.29) is 29.0 Å². The number of nitrogens with zero attached hydrogens (tertiary/aromatic N) is 4. The number of methoxy groups -OCH3 is 1. The molecule has 1 spiro atoms. The van der Waals surface area contributed by atoms with Crippen LogP contribution in [0.5, 0.6) is 0 Å². The Balaban J connectivity index is 0.000000156. The van der Waals surface area contributed by atoms with Crippen molar-refractivity contribution in [1.82, 2.24) is 19.7 Å². The SMILES string of the molecule is CC[C@]12CCCN3CCc4c(n(c5ccccc45)[C@@](O)(C(=O)OC)C1)[C@@H]32.O=C(CCCN1CCC2(CC1)C(=O)NCN2c1ccccc1)c1ccc(F)cc1. The van der Waals surface area contributed by atoms with Crippen LogP contribution in [0.15, 0.2) is 78.9 Å². The third-order valence-electron chi connectivity index (χ3n) is 13.3. The van der Waals surface area contributed by atoms with Gasteiger partial charge in [-0.3, -0.25) is 14.5 Å². The molecule has 11 heteroatoms. The lowest BCUT2D eigenvalue weighted by atomic mass is 9.62. The van der Waals surface area contributed by atoms with Gasteiger partial charge < -0.3 is 29.5 Å². The lowest BCUT2D eigenvalue weighted by Crippen LogP contribution is -2.60. The first-order valence-electron chi connectivity index (χ1n) is 19.9. The molecule has 0 saturated carbocycles. The average Bonchev–Trinajstić information content (AvgIpc) is 3.73. The summed E-state index contributed by atoms with van der Waals surface area (Å²) in [4.78, 5) is 44.9. The van der Waals surface area contributed by atoms with Gasteiger partial charge in [0.15, 0.2) is 5.78 Å². The van der Waals surface area contributed by atoms with Gasteiger partial charge in [0.25, 0.3) is 0 Å². The number of Topliss-reactive ketones (excluding diaryl/α,β-unsaturated/α-hetero) is 1. The van der Waals surface area contributed by atoms with Gasteiger partial charge in [0, 0.05) is 54.8 Å². The van der Waals surface area contributed by atoms with Crippen molar-refractivity contribution in [2.45, 2.75) is 82.0 Å². The molecule has 6 heterocycles. The second kappa shape index (κ2) is 14.8. The van der Waals surface area contributed by atoms with E-state index in [4.69, 9.17) is 4.74 Å². The summed E-state index contributed by atoms with van der Waals surface area (Å²) in [7, 11) is 1.37. The topological polar surface area (TPSA) is 107 Å². The predicted octanol–water partition coefficient (Wildman–Crippen LogP) is 6.17. The van der Waals surface area contributed by atoms with Crippen LogP contribution in [0.3, 0.4) is 0 Å². The van der Waals surface area contributed by atoms with Gasteiger partial charge in [-0.15, -0.1) is 0 Å². The van der Waals surface area contributed by atoms with E-state index in [9.17, 15) is 23.9 Å². The highest BCUT2D eigenvalue weighted by Crippen LogP contribution is 2.60. The molecule has 0 radical (unpaired) electrons. The number of aliphatic hydroxyl groups is 1. The Bertz CT molecular complexity index is 2060. The summed E-state index contributed by atoms with van der Waals surface area (Å²) < 4.78 is 20.0. The summed E-state index contributed by atoms with van der Waals surface area (Å²) in [5.74, 6) is -0.712. The Morgan fingerprint density at radius 1 is 0.945 bits per heavy atom. The van der Waals surface area contributed by atoms with Gasteiger partial charge in [-0.1, -0.05) is 43.3 Å². The fraction of sp³-hybridized carbons (Fsp3) is 0.477. The van der Waals surface area contributed by atoms with Gasteiger partial charge in [0.1, 0.15) is 11.4 Å². The van der Waals surface area contributed by atoms with Gasteiger partial charge in [-0.05, 0) is 111 Å². The molecule has 9 rings (SSSR count). The number of hydrogen-bond donors (Lipinski definition) is 2. The van der Waals surface area contributed by atoms with Gasteiger partial charge in [0.2, 0.25) is 11.6 Å². The Morgan fingerprint density at radius 2 is 1.67 bits per heavy atom. The van der Waals surface area contributed by atoms with Crippen LogP contribution in [0.1, 0.15) is 85.9 Å². The number of anilines is 1. The van der Waals surface area contributed by atoms with Crippen LogP contribution in [0.2, 0.25) is 0 Å². The number of para-hydroxylation sites is 2. The normalized spacial score (nSPS) is 25.6. The van der Waals surface area contributed by atoms with Crippen molar-refractivity contribution in [2.24, 2.45) is 5.41 Å². The number of amides is 1. The van der Waals surface area contributed by atoms with E-state index in [0.29, 0.717) is 25.1 Å². The molecule has 0 bridgehead atoms. The zero-order chi connectivity index (χ0) is 38.4. The van der Waals surface area contributed by atoms with E-state index >= 15 is 0 Å². The van der Waals surface area contributed by atoms with Crippen molar-refractivity contribution in [3.8, 4) is 0 Å². The van der Waals surface area contributed by atoms with Crippen molar-refractivity contribution in [3.63, 3.8) is 0 Å². The third-order valence-corrected chi connectivity index (χ3v) is 13.3. The number of piperidine rings is 2. The lowest BCUT2D eigenvalue weighted by molar-refractivity contribution is -0.194. The van der Waals surface area contributed by atoms with Crippen molar-refractivity contribution in [1.29, 1.82) is 0 Å². The fourth-order valence-electron chi connectivity index (χ4n) is 10.5. The fourth-order valence-corrected chi connectivity index (χ4v) is 10.5. The quantitative estimate of drug-likeness (QED) is 0.163. The first-order valence-corrected chi connectivity index (χ1v) is 19.9. The van der Waals surface area contributed by atoms with E-state index in [2.05, 4.69) is 45.1 Å². The number of fused-ring (bicyclic) bond motifs is 3. The summed E-state index contributed by atoms with van der Waals surface area (Å²) in [6.07, 6.45) is 7.28. The summed E-state index contributed by atoms with van der Waals surface area (Å²) in [5, 5.41) is 15.9. The highest BCUT2D eigenvalue weighted by atomic mass is 19.1. The number of esters is 1. The van der Waals surface area contributed by atoms with Crippen LogP contribution in [-0.4, -0.2) is 89.2 Å². The molecule has 3 aromatic carbocycles. The highest BCUT2D eigenvalue weighted by Gasteiger charge is 2.60. The molecule has 55 heavy (non-hydrogen) atoms. The number of ether oxygens (including phenoxy) is 1. The summed E-state index contributed by atoms with van der Waals surface area (Å²) >= 11 is 0. The number of nitrogens with one attached hydrogen (secondary N) is 1. The molecular weight excluding hydrogens is 698 g/mol. The smallest absolute Gasteiger partial charge is 0.359 e. The van der Waals surface area contributed by atoms with Crippen molar-refractivity contribution < 1.29 is 28.6 Å². The van der Waals surface area contributed by atoms with E-state index in [0.717, 1.165) is 94.6 Å². The van der Waals surface area contributed by atoms with Crippen LogP contribution in [0, 0.1) is 11.2 Å². The van der Waals surface area contributed by atoms with Crippen LogP contribution >= 0.6 is 0 Å². The zero-order valence-corrected chi connectivity index (χ0v) is 31.9. The minimum absolute atomic E-state index is 0.0453. The number of likely N-dealkylation sites (tertiary alicyclic amines) is 1. The van der Waals surface area contributed by atoms with Crippen LogP contribution in [0.4, 0.5) is 10.1 Å². The monoisotopic (exact) mass is 749 g/mol. The summed E-state index contributed by atoms with van der Waals surface area (Å²) in [6.45, 7) is 7.41. The number of carbonyl (C=O) groups excluding carboxylic acids is 3. The molecule has 4 aromatic rings. The van der Waals surface area contributed by atoms with Crippen LogP contribution in [-0.2, 0) is 26.5 Å². The second-order valence-electron chi connectivity index (χ2n) is 16.0. The minimum Gasteiger partial charge on any atom is -0.465 e. The number of ketones is 1. The Hall–Kier alpha value is -4.58. The highest BCUT2D eigenvalue weighted by molar-refractivity contribution is 5.96. The molecule has 0 aliphatic carbocycles. The molecule has 290 valence electrons. The molecule has 0 unspecified atom stereocenters. The maximum Gasteiger partial charge on any atom is 0.359 e.